The molecular formula is C19H19NO3S2. The molecule has 1 atom stereocenters. The Morgan fingerprint density at radius 1 is 1.16 bits per heavy atom. The maximum Gasteiger partial charge on any atom is 0.287 e. The lowest BCUT2D eigenvalue weighted by molar-refractivity contribution is 0.0925. The van der Waals surface area contributed by atoms with Crippen molar-refractivity contribution in [3.05, 3.63) is 75.9 Å². The van der Waals surface area contributed by atoms with Crippen LogP contribution in [0, 0.1) is 6.92 Å². The van der Waals surface area contributed by atoms with E-state index in [1.54, 1.807) is 23.5 Å². The third kappa shape index (κ3) is 4.90. The predicted octanol–water partition coefficient (Wildman–Crippen LogP) is 3.93. The topological polar surface area (TPSA) is 59.3 Å². The number of rotatable bonds is 7. The van der Waals surface area contributed by atoms with Gasteiger partial charge in [-0.05, 0) is 49.1 Å². The van der Waals surface area contributed by atoms with E-state index in [1.165, 1.54) is 4.88 Å². The Hall–Kier alpha value is -2.18. The highest BCUT2D eigenvalue weighted by Crippen LogP contribution is 2.16. The second-order valence-electron chi connectivity index (χ2n) is 5.65. The van der Waals surface area contributed by atoms with E-state index in [9.17, 15) is 9.00 Å². The van der Waals surface area contributed by atoms with E-state index in [0.717, 1.165) is 16.9 Å². The second-order valence-corrected chi connectivity index (χ2v) is 8.14. The van der Waals surface area contributed by atoms with Crippen molar-refractivity contribution >= 4 is 28.0 Å². The van der Waals surface area contributed by atoms with Crippen molar-refractivity contribution in [2.24, 2.45) is 0 Å². The number of hydrogen-bond acceptors (Lipinski definition) is 4. The van der Waals surface area contributed by atoms with Crippen LogP contribution in [0.2, 0.25) is 0 Å². The highest BCUT2D eigenvalue weighted by atomic mass is 32.2. The molecule has 1 N–H and O–H groups in total. The quantitative estimate of drug-likeness (QED) is 0.683. The van der Waals surface area contributed by atoms with Gasteiger partial charge in [0.05, 0.1) is 16.6 Å². The van der Waals surface area contributed by atoms with Crippen molar-refractivity contribution in [2.45, 2.75) is 24.0 Å². The predicted molar refractivity (Wildman–Crippen MR) is 100 cm³/mol. The zero-order chi connectivity index (χ0) is 17.6. The number of furan rings is 1. The summed E-state index contributed by atoms with van der Waals surface area (Å²) >= 11 is 1.67. The molecule has 0 saturated heterocycles. The van der Waals surface area contributed by atoms with Crippen molar-refractivity contribution in [1.82, 2.24) is 5.32 Å². The highest BCUT2D eigenvalue weighted by molar-refractivity contribution is 7.84. The van der Waals surface area contributed by atoms with Crippen LogP contribution in [0.5, 0.6) is 0 Å². The van der Waals surface area contributed by atoms with Crippen LogP contribution in [0.1, 0.15) is 26.8 Å². The highest BCUT2D eigenvalue weighted by Gasteiger charge is 2.13. The number of carbonyl (C=O) groups excluding carboxylic acids is 1. The molecule has 0 saturated carbocycles. The van der Waals surface area contributed by atoms with Crippen molar-refractivity contribution in [3.63, 3.8) is 0 Å². The number of aryl methyl sites for hydroxylation is 1. The molecule has 0 aliphatic carbocycles. The molecule has 0 unspecified atom stereocenters. The Morgan fingerprint density at radius 3 is 2.68 bits per heavy atom. The smallest absolute Gasteiger partial charge is 0.287 e. The van der Waals surface area contributed by atoms with E-state index in [2.05, 4.69) is 5.32 Å². The van der Waals surface area contributed by atoms with Gasteiger partial charge in [0.1, 0.15) is 5.76 Å². The van der Waals surface area contributed by atoms with Crippen molar-refractivity contribution in [3.8, 4) is 0 Å². The van der Waals surface area contributed by atoms with E-state index < -0.39 is 10.8 Å². The summed E-state index contributed by atoms with van der Waals surface area (Å²) in [5.41, 5.74) is 1.13. The molecule has 0 radical (unpaired) electrons. The van der Waals surface area contributed by atoms with E-state index in [-0.39, 0.29) is 17.4 Å². The van der Waals surface area contributed by atoms with Gasteiger partial charge in [-0.3, -0.25) is 9.00 Å². The van der Waals surface area contributed by atoms with E-state index in [0.29, 0.717) is 12.3 Å². The summed E-state index contributed by atoms with van der Waals surface area (Å²) < 4.78 is 17.9. The van der Waals surface area contributed by atoms with Gasteiger partial charge in [-0.2, -0.15) is 0 Å². The molecule has 2 aromatic heterocycles. The lowest BCUT2D eigenvalue weighted by Gasteiger charge is -2.02. The van der Waals surface area contributed by atoms with Gasteiger partial charge in [0.15, 0.2) is 5.76 Å². The van der Waals surface area contributed by atoms with Crippen molar-refractivity contribution in [1.29, 1.82) is 0 Å². The molecule has 3 rings (SSSR count). The fourth-order valence-electron chi connectivity index (χ4n) is 2.32. The molecule has 25 heavy (non-hydrogen) atoms. The second kappa shape index (κ2) is 8.27. The molecule has 0 aliphatic rings. The molecule has 1 aromatic carbocycles. The first-order valence-corrected chi connectivity index (χ1v) is 10.2. The Morgan fingerprint density at radius 2 is 1.96 bits per heavy atom. The monoisotopic (exact) mass is 373 g/mol. The van der Waals surface area contributed by atoms with Crippen LogP contribution in [0.4, 0.5) is 0 Å². The minimum atomic E-state index is -1.19. The summed E-state index contributed by atoms with van der Waals surface area (Å²) in [7, 11) is -1.19. The van der Waals surface area contributed by atoms with Gasteiger partial charge in [-0.1, -0.05) is 23.8 Å². The van der Waals surface area contributed by atoms with E-state index in [4.69, 9.17) is 4.42 Å². The first-order chi connectivity index (χ1) is 12.1. The molecule has 2 heterocycles. The average Bonchev–Trinajstić information content (AvgIpc) is 3.27. The zero-order valence-electron chi connectivity index (χ0n) is 13.9. The number of nitrogens with one attached hydrogen (secondary N) is 1. The fourth-order valence-corrected chi connectivity index (χ4v) is 4.05. The first-order valence-electron chi connectivity index (χ1n) is 7.96. The van der Waals surface area contributed by atoms with Crippen LogP contribution < -0.4 is 5.32 Å². The van der Waals surface area contributed by atoms with Gasteiger partial charge < -0.3 is 9.73 Å². The summed E-state index contributed by atoms with van der Waals surface area (Å²) in [6.07, 6.45) is 0.800. The van der Waals surface area contributed by atoms with Gasteiger partial charge in [0.2, 0.25) is 0 Å². The van der Waals surface area contributed by atoms with Gasteiger partial charge in [-0.15, -0.1) is 11.3 Å². The fraction of sp³-hybridized carbons (Fsp3) is 0.211. The minimum absolute atomic E-state index is 0.246. The number of carbonyl (C=O) groups is 1. The Kier molecular flexibility index (Phi) is 5.83. The molecule has 130 valence electrons. The van der Waals surface area contributed by atoms with Gasteiger partial charge in [-0.25, -0.2) is 0 Å². The number of thiophene rings is 1. The summed E-state index contributed by atoms with van der Waals surface area (Å²) in [5.74, 6) is 0.805. The van der Waals surface area contributed by atoms with Crippen LogP contribution in [-0.4, -0.2) is 16.7 Å². The van der Waals surface area contributed by atoms with E-state index in [1.807, 2.05) is 48.7 Å². The lowest BCUT2D eigenvalue weighted by atomic mass is 10.2. The number of benzene rings is 1. The Balaban J connectivity index is 1.53. The molecular weight excluding hydrogens is 354 g/mol. The third-order valence-electron chi connectivity index (χ3n) is 3.68. The maximum atomic E-state index is 12.4. The first kappa shape index (κ1) is 17.6. The average molecular weight is 373 g/mol. The molecule has 0 spiro atoms. The lowest BCUT2D eigenvalue weighted by Crippen LogP contribution is -2.25. The minimum Gasteiger partial charge on any atom is -0.455 e. The summed E-state index contributed by atoms with van der Waals surface area (Å²) in [4.78, 5) is 14.1. The molecule has 3 aromatic rings. The Bertz CT molecular complexity index is 851. The van der Waals surface area contributed by atoms with Crippen LogP contribution >= 0.6 is 11.3 Å². The number of hydrogen-bond donors (Lipinski definition) is 1. The van der Waals surface area contributed by atoms with Gasteiger partial charge in [0.25, 0.3) is 5.91 Å². The molecule has 4 nitrogen and oxygen atoms in total. The largest absolute Gasteiger partial charge is 0.455 e. The Labute approximate surface area is 153 Å². The van der Waals surface area contributed by atoms with Crippen LogP contribution in [0.15, 0.2) is 63.2 Å². The maximum absolute atomic E-state index is 12.4. The van der Waals surface area contributed by atoms with Crippen LogP contribution in [0.3, 0.4) is 0 Å². The summed E-state index contributed by atoms with van der Waals surface area (Å²) in [6.45, 7) is 2.55. The number of amides is 1. The van der Waals surface area contributed by atoms with Crippen LogP contribution in [0.25, 0.3) is 0 Å². The standard InChI is InChI=1S/C19H19NO3S2/c1-14-4-7-17(8-5-14)25(22)13-15-6-9-18(23-15)19(21)20-11-10-16-3-2-12-24-16/h2-9,12H,10-11,13H2,1H3,(H,20,21)/t25-/m1/s1. The summed E-state index contributed by atoms with van der Waals surface area (Å²) in [5, 5.41) is 4.86. The molecule has 0 fully saturated rings. The van der Waals surface area contributed by atoms with Crippen molar-refractivity contribution < 1.29 is 13.4 Å². The normalized spacial score (nSPS) is 12.0. The van der Waals surface area contributed by atoms with E-state index >= 15 is 0 Å². The SMILES string of the molecule is Cc1ccc([S@](=O)Cc2ccc(C(=O)NCCc3cccs3)o2)cc1. The molecule has 1 amide bonds. The van der Waals surface area contributed by atoms with Gasteiger partial charge in [0, 0.05) is 16.3 Å². The molecule has 0 aliphatic heterocycles. The van der Waals surface area contributed by atoms with Crippen LogP contribution in [-0.2, 0) is 23.0 Å². The van der Waals surface area contributed by atoms with Gasteiger partial charge >= 0.3 is 0 Å². The molecule has 6 heteroatoms. The van der Waals surface area contributed by atoms with Crippen molar-refractivity contribution in [2.75, 3.05) is 6.54 Å². The zero-order valence-corrected chi connectivity index (χ0v) is 15.5. The third-order valence-corrected chi connectivity index (χ3v) is 5.96. The molecule has 0 bridgehead atoms. The summed E-state index contributed by atoms with van der Waals surface area (Å²) in [6, 6.07) is 14.9.